The van der Waals surface area contributed by atoms with Crippen LogP contribution in [-0.4, -0.2) is 42.1 Å². The number of carbonyl (C=O) groups is 2. The van der Waals surface area contributed by atoms with Crippen LogP contribution in [0.2, 0.25) is 0 Å². The van der Waals surface area contributed by atoms with Crippen molar-refractivity contribution in [2.45, 2.75) is 26.3 Å². The Hall–Kier alpha value is -1.26. The fourth-order valence-corrected chi connectivity index (χ4v) is 1.20. The quantitative estimate of drug-likeness (QED) is 0.700. The summed E-state index contributed by atoms with van der Waals surface area (Å²) in [5, 5.41) is 2.78. The molecule has 0 unspecified atom stereocenters. The molecule has 0 spiro atoms. The maximum absolute atomic E-state index is 11.4. The molecule has 80 valence electrons. The Balaban J connectivity index is 2.37. The lowest BCUT2D eigenvalue weighted by molar-refractivity contribution is -0.123. The van der Waals surface area contributed by atoms with Crippen molar-refractivity contribution in [3.05, 3.63) is 0 Å². The number of hydrogen-bond donors (Lipinski definition) is 1. The van der Waals surface area contributed by atoms with Gasteiger partial charge in [-0.1, -0.05) is 0 Å². The van der Waals surface area contributed by atoms with E-state index in [9.17, 15) is 9.59 Å². The number of ether oxygens (including phenoxy) is 1. The summed E-state index contributed by atoms with van der Waals surface area (Å²) in [4.78, 5) is 23.8. The maximum Gasteiger partial charge on any atom is 0.410 e. The summed E-state index contributed by atoms with van der Waals surface area (Å²) in [5.41, 5.74) is -0.263. The van der Waals surface area contributed by atoms with Gasteiger partial charge in [-0.15, -0.1) is 0 Å². The van der Waals surface area contributed by atoms with Gasteiger partial charge in [0.1, 0.15) is 13.2 Å². The third kappa shape index (κ3) is 3.24. The smallest absolute Gasteiger partial charge is 0.410 e. The van der Waals surface area contributed by atoms with Gasteiger partial charge >= 0.3 is 6.09 Å². The van der Waals surface area contributed by atoms with E-state index in [2.05, 4.69) is 5.32 Å². The van der Waals surface area contributed by atoms with Crippen molar-refractivity contribution in [1.82, 2.24) is 10.2 Å². The van der Waals surface area contributed by atoms with E-state index in [1.54, 1.807) is 0 Å². The highest BCUT2D eigenvalue weighted by molar-refractivity contribution is 5.83. The van der Waals surface area contributed by atoms with Gasteiger partial charge in [0, 0.05) is 5.54 Å². The first-order valence-electron chi connectivity index (χ1n) is 4.61. The van der Waals surface area contributed by atoms with Gasteiger partial charge in [-0.05, 0) is 20.8 Å². The van der Waals surface area contributed by atoms with Gasteiger partial charge in [-0.3, -0.25) is 9.69 Å². The SMILES string of the molecule is CC(C)(C)NC(=O)CN1CCOC1=O. The van der Waals surface area contributed by atoms with Gasteiger partial charge in [0.2, 0.25) is 5.91 Å². The normalized spacial score (nSPS) is 16.8. The summed E-state index contributed by atoms with van der Waals surface area (Å²) >= 11 is 0. The molecular formula is C9H16N2O3. The molecule has 0 aromatic rings. The van der Waals surface area contributed by atoms with E-state index in [0.29, 0.717) is 13.2 Å². The molecule has 1 heterocycles. The first kappa shape index (κ1) is 10.8. The molecule has 0 saturated carbocycles. The van der Waals surface area contributed by atoms with Gasteiger partial charge in [-0.2, -0.15) is 0 Å². The van der Waals surface area contributed by atoms with Crippen molar-refractivity contribution in [2.75, 3.05) is 19.7 Å². The molecule has 1 aliphatic rings. The number of hydrogen-bond acceptors (Lipinski definition) is 3. The Kier molecular flexibility index (Phi) is 2.98. The fourth-order valence-electron chi connectivity index (χ4n) is 1.20. The minimum atomic E-state index is -0.408. The number of nitrogens with one attached hydrogen (secondary N) is 1. The molecule has 0 bridgehead atoms. The lowest BCUT2D eigenvalue weighted by atomic mass is 10.1. The van der Waals surface area contributed by atoms with E-state index >= 15 is 0 Å². The molecule has 2 amide bonds. The van der Waals surface area contributed by atoms with Crippen LogP contribution in [0.5, 0.6) is 0 Å². The molecule has 5 heteroatoms. The highest BCUT2D eigenvalue weighted by Gasteiger charge is 2.25. The number of carbonyl (C=O) groups excluding carboxylic acids is 2. The first-order chi connectivity index (χ1) is 6.38. The molecule has 1 saturated heterocycles. The van der Waals surface area contributed by atoms with Crippen LogP contribution in [0.25, 0.3) is 0 Å². The van der Waals surface area contributed by atoms with Crippen LogP contribution in [0.15, 0.2) is 0 Å². The van der Waals surface area contributed by atoms with Crippen molar-refractivity contribution in [3.8, 4) is 0 Å². The van der Waals surface area contributed by atoms with Crippen molar-refractivity contribution in [2.24, 2.45) is 0 Å². The Morgan fingerprint density at radius 2 is 2.21 bits per heavy atom. The standard InChI is InChI=1S/C9H16N2O3/c1-9(2,3)10-7(12)6-11-4-5-14-8(11)13/h4-6H2,1-3H3,(H,10,12). The molecule has 1 fully saturated rings. The second-order valence-corrected chi connectivity index (χ2v) is 4.33. The average molecular weight is 200 g/mol. The Labute approximate surface area is 83.4 Å². The summed E-state index contributed by atoms with van der Waals surface area (Å²) in [5.74, 6) is -0.156. The summed E-state index contributed by atoms with van der Waals surface area (Å²) in [7, 11) is 0. The first-order valence-corrected chi connectivity index (χ1v) is 4.61. The third-order valence-electron chi connectivity index (χ3n) is 1.69. The largest absolute Gasteiger partial charge is 0.448 e. The van der Waals surface area contributed by atoms with Gasteiger partial charge in [-0.25, -0.2) is 4.79 Å². The summed E-state index contributed by atoms with van der Waals surface area (Å²) in [6.07, 6.45) is -0.408. The highest BCUT2D eigenvalue weighted by atomic mass is 16.6. The minimum Gasteiger partial charge on any atom is -0.448 e. The molecule has 0 atom stereocenters. The number of nitrogens with zero attached hydrogens (tertiary/aromatic N) is 1. The summed E-state index contributed by atoms with van der Waals surface area (Å²) in [6, 6.07) is 0. The second-order valence-electron chi connectivity index (χ2n) is 4.33. The van der Waals surface area contributed by atoms with Crippen molar-refractivity contribution >= 4 is 12.0 Å². The molecule has 1 rings (SSSR count). The van der Waals surface area contributed by atoms with Crippen LogP contribution in [0, 0.1) is 0 Å². The zero-order valence-electron chi connectivity index (χ0n) is 8.79. The van der Waals surface area contributed by atoms with Gasteiger partial charge < -0.3 is 10.1 Å². The minimum absolute atomic E-state index is 0.0795. The van der Waals surface area contributed by atoms with E-state index in [0.717, 1.165) is 0 Å². The lowest BCUT2D eigenvalue weighted by Gasteiger charge is -2.22. The molecule has 0 aromatic heterocycles. The van der Waals surface area contributed by atoms with E-state index in [4.69, 9.17) is 4.74 Å². The summed E-state index contributed by atoms with van der Waals surface area (Å²) in [6.45, 7) is 6.64. The maximum atomic E-state index is 11.4. The van der Waals surface area contributed by atoms with E-state index in [1.807, 2.05) is 20.8 Å². The molecule has 0 aliphatic carbocycles. The summed E-state index contributed by atoms with van der Waals surface area (Å²) < 4.78 is 4.70. The van der Waals surface area contributed by atoms with E-state index in [-0.39, 0.29) is 18.0 Å². The number of rotatable bonds is 2. The fraction of sp³-hybridized carbons (Fsp3) is 0.778. The molecule has 0 radical (unpaired) electrons. The molecule has 0 aromatic carbocycles. The average Bonchev–Trinajstić information content (AvgIpc) is 2.32. The van der Waals surface area contributed by atoms with Crippen LogP contribution >= 0.6 is 0 Å². The van der Waals surface area contributed by atoms with Gasteiger partial charge in [0.15, 0.2) is 0 Å². The van der Waals surface area contributed by atoms with Crippen LogP contribution in [0.1, 0.15) is 20.8 Å². The van der Waals surface area contributed by atoms with Crippen molar-refractivity contribution < 1.29 is 14.3 Å². The Morgan fingerprint density at radius 1 is 1.57 bits per heavy atom. The highest BCUT2D eigenvalue weighted by Crippen LogP contribution is 2.03. The number of cyclic esters (lactones) is 1. The zero-order valence-corrected chi connectivity index (χ0v) is 8.79. The molecule has 5 nitrogen and oxygen atoms in total. The number of amides is 2. The Morgan fingerprint density at radius 3 is 2.64 bits per heavy atom. The predicted molar refractivity (Wildman–Crippen MR) is 50.8 cm³/mol. The monoisotopic (exact) mass is 200 g/mol. The van der Waals surface area contributed by atoms with Crippen molar-refractivity contribution in [1.29, 1.82) is 0 Å². The van der Waals surface area contributed by atoms with Crippen LogP contribution in [-0.2, 0) is 9.53 Å². The van der Waals surface area contributed by atoms with Crippen molar-refractivity contribution in [3.63, 3.8) is 0 Å². The van der Waals surface area contributed by atoms with E-state index in [1.165, 1.54) is 4.90 Å². The molecular weight excluding hydrogens is 184 g/mol. The van der Waals surface area contributed by atoms with Crippen LogP contribution < -0.4 is 5.32 Å². The van der Waals surface area contributed by atoms with Crippen LogP contribution in [0.3, 0.4) is 0 Å². The predicted octanol–water partition coefficient (Wildman–Crippen LogP) is 0.353. The lowest BCUT2D eigenvalue weighted by Crippen LogP contribution is -2.46. The Bertz CT molecular complexity index is 245. The zero-order chi connectivity index (χ0) is 10.8. The molecule has 1 aliphatic heterocycles. The van der Waals surface area contributed by atoms with E-state index < -0.39 is 6.09 Å². The molecule has 1 N–H and O–H groups in total. The van der Waals surface area contributed by atoms with Gasteiger partial charge in [0.25, 0.3) is 0 Å². The third-order valence-corrected chi connectivity index (χ3v) is 1.69. The second kappa shape index (κ2) is 3.86. The topological polar surface area (TPSA) is 58.6 Å². The molecule has 14 heavy (non-hydrogen) atoms. The van der Waals surface area contributed by atoms with Crippen LogP contribution in [0.4, 0.5) is 4.79 Å². The van der Waals surface area contributed by atoms with Gasteiger partial charge in [0.05, 0.1) is 6.54 Å².